The highest BCUT2D eigenvalue weighted by molar-refractivity contribution is 6.30. The average Bonchev–Trinajstić information content (AvgIpc) is 2.64. The van der Waals surface area contributed by atoms with Crippen molar-refractivity contribution in [2.45, 2.75) is 6.54 Å². The minimum Gasteiger partial charge on any atom is -0.493 e. The summed E-state index contributed by atoms with van der Waals surface area (Å²) < 4.78 is 10.5. The van der Waals surface area contributed by atoms with Gasteiger partial charge in [-0.3, -0.25) is 9.59 Å². The molecule has 0 aliphatic carbocycles. The van der Waals surface area contributed by atoms with Gasteiger partial charge in [-0.2, -0.15) is 0 Å². The molecule has 2 aromatic rings. The molecule has 0 aromatic heterocycles. The SMILES string of the molecule is COc1cc(/C=C/C(=O)NCc2ccc(Cl)cc2)ccc1OCC(N)=O. The molecule has 136 valence electrons. The van der Waals surface area contributed by atoms with Gasteiger partial charge in [0.1, 0.15) is 0 Å². The van der Waals surface area contributed by atoms with Gasteiger partial charge in [0, 0.05) is 17.6 Å². The van der Waals surface area contributed by atoms with Crippen molar-refractivity contribution >= 4 is 29.5 Å². The van der Waals surface area contributed by atoms with Crippen LogP contribution in [0.3, 0.4) is 0 Å². The Morgan fingerprint density at radius 1 is 1.15 bits per heavy atom. The molecule has 3 N–H and O–H groups in total. The summed E-state index contributed by atoms with van der Waals surface area (Å²) in [6, 6.07) is 12.3. The number of methoxy groups -OCH3 is 1. The van der Waals surface area contributed by atoms with Gasteiger partial charge < -0.3 is 20.5 Å². The minimum absolute atomic E-state index is 0.229. The third-order valence-corrected chi connectivity index (χ3v) is 3.62. The molecule has 2 rings (SSSR count). The predicted octanol–water partition coefficient (Wildman–Crippen LogP) is 2.54. The number of primary amides is 1. The number of rotatable bonds is 8. The molecule has 0 unspecified atom stereocenters. The fourth-order valence-corrected chi connectivity index (χ4v) is 2.20. The lowest BCUT2D eigenvalue weighted by atomic mass is 10.2. The summed E-state index contributed by atoms with van der Waals surface area (Å²) in [5.74, 6) is 0.0342. The van der Waals surface area contributed by atoms with E-state index in [0.717, 1.165) is 11.1 Å². The summed E-state index contributed by atoms with van der Waals surface area (Å²) in [6.07, 6.45) is 3.08. The van der Waals surface area contributed by atoms with E-state index in [-0.39, 0.29) is 12.5 Å². The van der Waals surface area contributed by atoms with Crippen LogP contribution in [0.5, 0.6) is 11.5 Å². The number of ether oxygens (including phenoxy) is 2. The topological polar surface area (TPSA) is 90.7 Å². The largest absolute Gasteiger partial charge is 0.493 e. The van der Waals surface area contributed by atoms with Gasteiger partial charge in [-0.05, 0) is 41.5 Å². The molecule has 0 saturated carbocycles. The first-order valence-electron chi connectivity index (χ1n) is 7.77. The number of nitrogens with one attached hydrogen (secondary N) is 1. The predicted molar refractivity (Wildman–Crippen MR) is 100 cm³/mol. The van der Waals surface area contributed by atoms with E-state index in [2.05, 4.69) is 5.32 Å². The lowest BCUT2D eigenvalue weighted by Crippen LogP contribution is -2.20. The molecule has 0 spiro atoms. The monoisotopic (exact) mass is 374 g/mol. The van der Waals surface area contributed by atoms with Crippen LogP contribution in [-0.2, 0) is 16.1 Å². The number of hydrogen-bond acceptors (Lipinski definition) is 4. The Bertz CT molecular complexity index is 804. The van der Waals surface area contributed by atoms with E-state index >= 15 is 0 Å². The average molecular weight is 375 g/mol. The molecule has 2 aromatic carbocycles. The Kier molecular flexibility index (Phi) is 7.05. The molecule has 7 heteroatoms. The van der Waals surface area contributed by atoms with Gasteiger partial charge in [-0.25, -0.2) is 0 Å². The Hall–Kier alpha value is -2.99. The molecule has 0 heterocycles. The van der Waals surface area contributed by atoms with Crippen LogP contribution in [0.1, 0.15) is 11.1 Å². The van der Waals surface area contributed by atoms with E-state index < -0.39 is 5.91 Å². The molecule has 0 atom stereocenters. The molecular weight excluding hydrogens is 356 g/mol. The minimum atomic E-state index is -0.576. The van der Waals surface area contributed by atoms with Crippen LogP contribution in [0, 0.1) is 0 Å². The van der Waals surface area contributed by atoms with Gasteiger partial charge in [0.2, 0.25) is 5.91 Å². The van der Waals surface area contributed by atoms with E-state index in [1.54, 1.807) is 36.4 Å². The van der Waals surface area contributed by atoms with Crippen LogP contribution in [0.2, 0.25) is 5.02 Å². The number of nitrogens with two attached hydrogens (primary N) is 1. The van der Waals surface area contributed by atoms with Gasteiger partial charge in [0.15, 0.2) is 18.1 Å². The molecule has 0 aliphatic heterocycles. The van der Waals surface area contributed by atoms with Crippen molar-refractivity contribution in [2.75, 3.05) is 13.7 Å². The highest BCUT2D eigenvalue weighted by atomic mass is 35.5. The van der Waals surface area contributed by atoms with Crippen molar-refractivity contribution in [1.29, 1.82) is 0 Å². The normalized spacial score (nSPS) is 10.5. The maximum absolute atomic E-state index is 11.9. The van der Waals surface area contributed by atoms with E-state index in [0.29, 0.717) is 23.1 Å². The first-order valence-corrected chi connectivity index (χ1v) is 8.15. The van der Waals surface area contributed by atoms with Crippen LogP contribution in [0.4, 0.5) is 0 Å². The zero-order valence-corrected chi connectivity index (χ0v) is 15.0. The molecule has 0 radical (unpaired) electrons. The van der Waals surface area contributed by atoms with E-state index in [4.69, 9.17) is 26.8 Å². The quantitative estimate of drug-likeness (QED) is 0.695. The van der Waals surface area contributed by atoms with Gasteiger partial charge >= 0.3 is 0 Å². The summed E-state index contributed by atoms with van der Waals surface area (Å²) in [5.41, 5.74) is 6.75. The smallest absolute Gasteiger partial charge is 0.255 e. The van der Waals surface area contributed by atoms with Gasteiger partial charge in [0.05, 0.1) is 7.11 Å². The number of benzene rings is 2. The summed E-state index contributed by atoms with van der Waals surface area (Å²) in [4.78, 5) is 22.7. The highest BCUT2D eigenvalue weighted by Gasteiger charge is 2.06. The maximum atomic E-state index is 11.9. The van der Waals surface area contributed by atoms with Gasteiger partial charge in [-0.15, -0.1) is 0 Å². The van der Waals surface area contributed by atoms with Crippen LogP contribution in [-0.4, -0.2) is 25.5 Å². The van der Waals surface area contributed by atoms with Crippen molar-refractivity contribution in [3.8, 4) is 11.5 Å². The standard InChI is InChI=1S/C19H19ClN2O4/c1-25-17-10-13(4-8-16(17)26-12-18(21)23)5-9-19(24)22-11-14-2-6-15(20)7-3-14/h2-10H,11-12H2,1H3,(H2,21,23)(H,22,24)/b9-5+. The van der Waals surface area contributed by atoms with Crippen molar-refractivity contribution in [3.63, 3.8) is 0 Å². The third kappa shape index (κ3) is 6.14. The zero-order valence-electron chi connectivity index (χ0n) is 14.2. The van der Waals surface area contributed by atoms with Crippen LogP contribution >= 0.6 is 11.6 Å². The maximum Gasteiger partial charge on any atom is 0.255 e. The summed E-state index contributed by atoms with van der Waals surface area (Å²) in [6.45, 7) is 0.169. The lowest BCUT2D eigenvalue weighted by molar-refractivity contribution is -0.120. The molecule has 0 bridgehead atoms. The number of carbonyl (C=O) groups is 2. The van der Waals surface area contributed by atoms with Gasteiger partial charge in [0.25, 0.3) is 5.91 Å². The third-order valence-electron chi connectivity index (χ3n) is 3.36. The first-order chi connectivity index (χ1) is 12.5. The Labute approximate surface area is 156 Å². The number of hydrogen-bond donors (Lipinski definition) is 2. The van der Waals surface area contributed by atoms with Crippen molar-refractivity contribution in [3.05, 3.63) is 64.7 Å². The molecule has 26 heavy (non-hydrogen) atoms. The second kappa shape index (κ2) is 9.48. The number of amides is 2. The van der Waals surface area contributed by atoms with Crippen LogP contribution in [0.25, 0.3) is 6.08 Å². The van der Waals surface area contributed by atoms with Crippen molar-refractivity contribution in [1.82, 2.24) is 5.32 Å². The first kappa shape index (κ1) is 19.3. The van der Waals surface area contributed by atoms with Crippen LogP contribution < -0.4 is 20.5 Å². The van der Waals surface area contributed by atoms with E-state index in [1.165, 1.54) is 13.2 Å². The van der Waals surface area contributed by atoms with E-state index in [9.17, 15) is 9.59 Å². The van der Waals surface area contributed by atoms with Crippen molar-refractivity contribution in [2.24, 2.45) is 5.73 Å². The van der Waals surface area contributed by atoms with Gasteiger partial charge in [-0.1, -0.05) is 29.8 Å². The molecular formula is C19H19ClN2O4. The molecule has 6 nitrogen and oxygen atoms in total. The second-order valence-electron chi connectivity index (χ2n) is 5.34. The molecule has 2 amide bonds. The fourth-order valence-electron chi connectivity index (χ4n) is 2.08. The number of halogens is 1. The van der Waals surface area contributed by atoms with Crippen molar-refractivity contribution < 1.29 is 19.1 Å². The Morgan fingerprint density at radius 3 is 2.54 bits per heavy atom. The molecule has 0 fully saturated rings. The van der Waals surface area contributed by atoms with Crippen LogP contribution in [0.15, 0.2) is 48.5 Å². The molecule has 0 aliphatic rings. The lowest BCUT2D eigenvalue weighted by Gasteiger charge is -2.10. The van der Waals surface area contributed by atoms with E-state index in [1.807, 2.05) is 12.1 Å². The second-order valence-corrected chi connectivity index (χ2v) is 5.78. The summed E-state index contributed by atoms with van der Waals surface area (Å²) in [7, 11) is 1.48. The Balaban J connectivity index is 1.94. The number of carbonyl (C=O) groups excluding carboxylic acids is 2. The molecule has 0 saturated heterocycles. The highest BCUT2D eigenvalue weighted by Crippen LogP contribution is 2.28. The summed E-state index contributed by atoms with van der Waals surface area (Å²) >= 11 is 5.82. The zero-order chi connectivity index (χ0) is 18.9. The fraction of sp³-hybridized carbons (Fsp3) is 0.158. The summed E-state index contributed by atoms with van der Waals surface area (Å²) in [5, 5.41) is 3.44. The Morgan fingerprint density at radius 2 is 1.88 bits per heavy atom.